The zero-order valence-electron chi connectivity index (χ0n) is 9.22. The van der Waals surface area contributed by atoms with Crippen molar-refractivity contribution >= 4 is 17.6 Å². The Bertz CT molecular complexity index is 512. The topological polar surface area (TPSA) is 64.7 Å². The maximum atomic E-state index is 12.9. The second kappa shape index (κ2) is 5.09. The molecule has 6 heteroatoms. The second-order valence-corrected chi connectivity index (χ2v) is 4.46. The number of nitrogens with two attached hydrogens (primary N) is 1. The van der Waals surface area contributed by atoms with Gasteiger partial charge in [-0.15, -0.1) is 0 Å². The van der Waals surface area contributed by atoms with Crippen molar-refractivity contribution in [3.8, 4) is 0 Å². The summed E-state index contributed by atoms with van der Waals surface area (Å²) < 4.78 is 12.9. The summed E-state index contributed by atoms with van der Waals surface area (Å²) >= 11 is 1.40. The van der Waals surface area contributed by atoms with Gasteiger partial charge in [0.25, 0.3) is 0 Å². The van der Waals surface area contributed by atoms with Gasteiger partial charge in [-0.25, -0.2) is 14.4 Å². The molecule has 0 aliphatic carbocycles. The molecular weight excluding hydrogens is 239 g/mol. The van der Waals surface area contributed by atoms with Crippen molar-refractivity contribution in [1.29, 1.82) is 0 Å². The average Bonchev–Trinajstić information content (AvgIpc) is 2.25. The highest BCUT2D eigenvalue weighted by atomic mass is 32.2. The maximum absolute atomic E-state index is 12.9. The molecule has 0 amide bonds. The molecule has 2 aromatic heterocycles. The van der Waals surface area contributed by atoms with Crippen molar-refractivity contribution in [1.82, 2.24) is 15.0 Å². The standard InChI is InChI=1S/C11H11FN4S/c1-7-2-10(13)16-11(15-7)17-6-8-3-9(12)5-14-4-8/h2-5H,6H2,1H3,(H2,13,15,16). The summed E-state index contributed by atoms with van der Waals surface area (Å²) in [5.74, 6) is 0.665. The molecule has 17 heavy (non-hydrogen) atoms. The lowest BCUT2D eigenvalue weighted by Gasteiger charge is -2.02. The number of halogens is 1. The molecule has 0 saturated carbocycles. The lowest BCUT2D eigenvalue weighted by molar-refractivity contribution is 0.619. The van der Waals surface area contributed by atoms with E-state index in [1.807, 2.05) is 6.92 Å². The third-order valence-electron chi connectivity index (χ3n) is 1.98. The molecule has 0 aliphatic rings. The molecular formula is C11H11FN4S. The summed E-state index contributed by atoms with van der Waals surface area (Å²) in [6, 6.07) is 3.15. The highest BCUT2D eigenvalue weighted by Gasteiger charge is 2.03. The number of nitrogens with zero attached hydrogens (tertiary/aromatic N) is 3. The number of hydrogen-bond donors (Lipinski definition) is 1. The van der Waals surface area contributed by atoms with Gasteiger partial charge in [-0.05, 0) is 18.6 Å². The molecule has 88 valence electrons. The number of aryl methyl sites for hydroxylation is 1. The van der Waals surface area contributed by atoms with E-state index in [1.54, 1.807) is 12.3 Å². The third kappa shape index (κ3) is 3.39. The Balaban J connectivity index is 2.07. The number of thioether (sulfide) groups is 1. The minimum Gasteiger partial charge on any atom is -0.384 e. The second-order valence-electron chi connectivity index (χ2n) is 3.52. The van der Waals surface area contributed by atoms with Crippen LogP contribution in [-0.2, 0) is 5.75 Å². The first-order chi connectivity index (χ1) is 8.13. The van der Waals surface area contributed by atoms with Crippen LogP contribution < -0.4 is 5.73 Å². The van der Waals surface area contributed by atoms with Gasteiger partial charge in [0.05, 0.1) is 6.20 Å². The molecule has 2 rings (SSSR count). The molecule has 0 atom stereocenters. The Labute approximate surface area is 103 Å². The van der Waals surface area contributed by atoms with Crippen LogP contribution >= 0.6 is 11.8 Å². The number of nitrogen functional groups attached to an aromatic ring is 1. The quantitative estimate of drug-likeness (QED) is 0.668. The van der Waals surface area contributed by atoms with Gasteiger partial charge in [-0.2, -0.15) is 0 Å². The van der Waals surface area contributed by atoms with Gasteiger partial charge in [0.15, 0.2) is 5.16 Å². The first-order valence-corrected chi connectivity index (χ1v) is 5.95. The van der Waals surface area contributed by atoms with Gasteiger partial charge in [-0.3, -0.25) is 4.98 Å². The number of pyridine rings is 1. The van der Waals surface area contributed by atoms with E-state index in [0.717, 1.165) is 11.3 Å². The molecule has 0 unspecified atom stereocenters. The Morgan fingerprint density at radius 1 is 1.29 bits per heavy atom. The smallest absolute Gasteiger partial charge is 0.190 e. The Morgan fingerprint density at radius 3 is 2.82 bits per heavy atom. The fourth-order valence-electron chi connectivity index (χ4n) is 1.31. The van der Waals surface area contributed by atoms with E-state index >= 15 is 0 Å². The average molecular weight is 250 g/mol. The number of rotatable bonds is 3. The van der Waals surface area contributed by atoms with Gasteiger partial charge >= 0.3 is 0 Å². The van der Waals surface area contributed by atoms with Gasteiger partial charge in [0, 0.05) is 23.7 Å². The fraction of sp³-hybridized carbons (Fsp3) is 0.182. The molecule has 0 saturated heterocycles. The highest BCUT2D eigenvalue weighted by molar-refractivity contribution is 7.98. The molecule has 2 heterocycles. The molecule has 0 fully saturated rings. The Hall–Kier alpha value is -1.69. The predicted octanol–water partition coefficient (Wildman–Crippen LogP) is 2.19. The van der Waals surface area contributed by atoms with Crippen LogP contribution in [0, 0.1) is 12.7 Å². The van der Waals surface area contributed by atoms with Crippen LogP contribution in [0.15, 0.2) is 29.7 Å². The normalized spacial score (nSPS) is 10.5. The molecule has 0 aliphatic heterocycles. The van der Waals surface area contributed by atoms with Crippen LogP contribution in [0.3, 0.4) is 0 Å². The van der Waals surface area contributed by atoms with E-state index in [-0.39, 0.29) is 5.82 Å². The molecule has 2 N–H and O–H groups in total. The minimum absolute atomic E-state index is 0.340. The monoisotopic (exact) mass is 250 g/mol. The van der Waals surface area contributed by atoms with Crippen LogP contribution in [0.25, 0.3) is 0 Å². The van der Waals surface area contributed by atoms with Crippen LogP contribution in [0.5, 0.6) is 0 Å². The third-order valence-corrected chi connectivity index (χ3v) is 2.90. The zero-order valence-corrected chi connectivity index (χ0v) is 10.0. The Kier molecular flexibility index (Phi) is 3.53. The van der Waals surface area contributed by atoms with Gasteiger partial charge in [0.1, 0.15) is 11.6 Å². The zero-order chi connectivity index (χ0) is 12.3. The summed E-state index contributed by atoms with van der Waals surface area (Å²) in [6.45, 7) is 1.85. The number of anilines is 1. The van der Waals surface area contributed by atoms with Gasteiger partial charge in [-0.1, -0.05) is 11.8 Å². The highest BCUT2D eigenvalue weighted by Crippen LogP contribution is 2.20. The lowest BCUT2D eigenvalue weighted by Crippen LogP contribution is -1.97. The molecule has 0 aromatic carbocycles. The molecule has 0 bridgehead atoms. The van der Waals surface area contributed by atoms with Crippen molar-refractivity contribution in [2.45, 2.75) is 17.8 Å². The van der Waals surface area contributed by atoms with Gasteiger partial charge in [0.2, 0.25) is 0 Å². The van der Waals surface area contributed by atoms with E-state index in [2.05, 4.69) is 15.0 Å². The van der Waals surface area contributed by atoms with E-state index in [0.29, 0.717) is 16.7 Å². The number of aromatic nitrogens is 3. The van der Waals surface area contributed by atoms with Crippen molar-refractivity contribution in [2.24, 2.45) is 0 Å². The van der Waals surface area contributed by atoms with E-state index in [1.165, 1.54) is 24.0 Å². The van der Waals surface area contributed by atoms with Crippen LogP contribution in [0.2, 0.25) is 0 Å². The summed E-state index contributed by atoms with van der Waals surface area (Å²) in [5.41, 5.74) is 7.22. The lowest BCUT2D eigenvalue weighted by atomic mass is 10.3. The number of hydrogen-bond acceptors (Lipinski definition) is 5. The van der Waals surface area contributed by atoms with Crippen molar-refractivity contribution in [3.63, 3.8) is 0 Å². The first kappa shape index (κ1) is 11.8. The maximum Gasteiger partial charge on any atom is 0.190 e. The summed E-state index contributed by atoms with van der Waals surface area (Å²) in [7, 11) is 0. The summed E-state index contributed by atoms with van der Waals surface area (Å²) in [4.78, 5) is 12.1. The van der Waals surface area contributed by atoms with Crippen molar-refractivity contribution in [2.75, 3.05) is 5.73 Å². The Morgan fingerprint density at radius 2 is 2.12 bits per heavy atom. The van der Waals surface area contributed by atoms with Crippen molar-refractivity contribution < 1.29 is 4.39 Å². The SMILES string of the molecule is Cc1cc(N)nc(SCc2cncc(F)c2)n1. The van der Waals surface area contributed by atoms with E-state index in [4.69, 9.17) is 5.73 Å². The minimum atomic E-state index is -0.340. The van der Waals surface area contributed by atoms with E-state index in [9.17, 15) is 4.39 Å². The molecule has 4 nitrogen and oxygen atoms in total. The van der Waals surface area contributed by atoms with Crippen LogP contribution in [0.4, 0.5) is 10.2 Å². The summed E-state index contributed by atoms with van der Waals surface area (Å²) in [6.07, 6.45) is 2.80. The van der Waals surface area contributed by atoms with E-state index < -0.39 is 0 Å². The fourth-order valence-corrected chi connectivity index (χ4v) is 2.14. The van der Waals surface area contributed by atoms with Crippen molar-refractivity contribution in [3.05, 3.63) is 41.6 Å². The van der Waals surface area contributed by atoms with Crippen LogP contribution in [0.1, 0.15) is 11.3 Å². The first-order valence-electron chi connectivity index (χ1n) is 4.97. The van der Waals surface area contributed by atoms with Crippen LogP contribution in [-0.4, -0.2) is 15.0 Å². The summed E-state index contributed by atoms with van der Waals surface area (Å²) in [5, 5.41) is 0.590. The predicted molar refractivity (Wildman–Crippen MR) is 64.9 cm³/mol. The largest absolute Gasteiger partial charge is 0.384 e. The molecule has 0 radical (unpaired) electrons. The molecule has 0 spiro atoms. The van der Waals surface area contributed by atoms with Gasteiger partial charge < -0.3 is 5.73 Å². The molecule has 2 aromatic rings.